The molecule has 1 aliphatic rings. The standard InChI is InChI=1S/C26H26ClFN2O3/c1-33-24-10-5-19(25(31)16-24)17-29-13-11-23(12-14-29)30(22-8-6-21(28)7-9-22)26(32)18-3-2-4-20(27)15-18/h2-10,15-16,23,31H,11-14,17H2,1H3. The van der Waals surface area contributed by atoms with Gasteiger partial charge in [0.1, 0.15) is 17.3 Å². The van der Waals surface area contributed by atoms with E-state index in [1.165, 1.54) is 12.1 Å². The minimum absolute atomic E-state index is 0.0392. The first-order valence-electron chi connectivity index (χ1n) is 10.9. The summed E-state index contributed by atoms with van der Waals surface area (Å²) in [7, 11) is 1.57. The molecule has 3 aromatic rings. The van der Waals surface area contributed by atoms with Gasteiger partial charge in [0.25, 0.3) is 5.91 Å². The molecule has 0 saturated carbocycles. The van der Waals surface area contributed by atoms with Gasteiger partial charge in [-0.1, -0.05) is 23.7 Å². The van der Waals surface area contributed by atoms with Gasteiger partial charge in [-0.05, 0) is 61.4 Å². The molecule has 1 saturated heterocycles. The highest BCUT2D eigenvalue weighted by molar-refractivity contribution is 6.31. The smallest absolute Gasteiger partial charge is 0.258 e. The highest BCUT2D eigenvalue weighted by Crippen LogP contribution is 2.29. The van der Waals surface area contributed by atoms with Gasteiger partial charge in [0.2, 0.25) is 0 Å². The van der Waals surface area contributed by atoms with Crippen LogP contribution in [0.1, 0.15) is 28.8 Å². The second-order valence-electron chi connectivity index (χ2n) is 8.16. The van der Waals surface area contributed by atoms with Crippen LogP contribution in [0.2, 0.25) is 5.02 Å². The molecule has 0 spiro atoms. The van der Waals surface area contributed by atoms with E-state index in [0.29, 0.717) is 28.6 Å². The van der Waals surface area contributed by atoms with Crippen molar-refractivity contribution in [3.05, 3.63) is 88.7 Å². The second kappa shape index (κ2) is 10.2. The molecule has 0 radical (unpaired) electrons. The molecule has 7 heteroatoms. The number of amides is 1. The van der Waals surface area contributed by atoms with E-state index in [1.54, 1.807) is 54.5 Å². The summed E-state index contributed by atoms with van der Waals surface area (Å²) in [6.45, 7) is 2.13. The van der Waals surface area contributed by atoms with Crippen molar-refractivity contribution < 1.29 is 19.0 Å². The Morgan fingerprint density at radius 3 is 2.48 bits per heavy atom. The van der Waals surface area contributed by atoms with Crippen LogP contribution >= 0.6 is 11.6 Å². The molecule has 172 valence electrons. The van der Waals surface area contributed by atoms with Gasteiger partial charge in [-0.15, -0.1) is 0 Å². The number of halogens is 2. The summed E-state index contributed by atoms with van der Waals surface area (Å²) in [5.41, 5.74) is 1.99. The Morgan fingerprint density at radius 2 is 1.85 bits per heavy atom. The van der Waals surface area contributed by atoms with E-state index in [-0.39, 0.29) is 23.5 Å². The number of methoxy groups -OCH3 is 1. The van der Waals surface area contributed by atoms with Gasteiger partial charge in [0, 0.05) is 53.6 Å². The fourth-order valence-electron chi connectivity index (χ4n) is 4.24. The Labute approximate surface area is 198 Å². The Balaban J connectivity index is 1.50. The average Bonchev–Trinajstić information content (AvgIpc) is 2.82. The monoisotopic (exact) mass is 468 g/mol. The third-order valence-electron chi connectivity index (χ3n) is 6.00. The molecule has 0 aromatic heterocycles. The number of carbonyl (C=O) groups excluding carboxylic acids is 1. The SMILES string of the molecule is COc1ccc(CN2CCC(N(C(=O)c3cccc(Cl)c3)c3ccc(F)cc3)CC2)c(O)c1. The van der Waals surface area contributed by atoms with Crippen molar-refractivity contribution in [2.24, 2.45) is 0 Å². The first-order valence-corrected chi connectivity index (χ1v) is 11.3. The average molecular weight is 469 g/mol. The molecule has 0 atom stereocenters. The van der Waals surface area contributed by atoms with E-state index in [4.69, 9.17) is 16.3 Å². The van der Waals surface area contributed by atoms with Crippen LogP contribution < -0.4 is 9.64 Å². The van der Waals surface area contributed by atoms with Crippen LogP contribution in [0.5, 0.6) is 11.5 Å². The summed E-state index contributed by atoms with van der Waals surface area (Å²) in [6.07, 6.45) is 1.50. The molecule has 0 unspecified atom stereocenters. The Hall–Kier alpha value is -3.09. The molecular weight excluding hydrogens is 443 g/mol. The summed E-state index contributed by atoms with van der Waals surface area (Å²) in [6, 6.07) is 18.2. The zero-order chi connectivity index (χ0) is 23.4. The third kappa shape index (κ3) is 5.46. The van der Waals surface area contributed by atoms with Gasteiger partial charge < -0.3 is 14.7 Å². The first-order chi connectivity index (χ1) is 15.9. The largest absolute Gasteiger partial charge is 0.507 e. The number of likely N-dealkylation sites (tertiary alicyclic amines) is 1. The number of hydrogen-bond donors (Lipinski definition) is 1. The van der Waals surface area contributed by atoms with Crippen LogP contribution in [0, 0.1) is 5.82 Å². The summed E-state index contributed by atoms with van der Waals surface area (Å²) >= 11 is 6.12. The topological polar surface area (TPSA) is 53.0 Å². The molecule has 1 fully saturated rings. The van der Waals surface area contributed by atoms with Crippen molar-refractivity contribution in [1.29, 1.82) is 0 Å². The van der Waals surface area contributed by atoms with E-state index >= 15 is 0 Å². The van der Waals surface area contributed by atoms with Crippen molar-refractivity contribution in [2.45, 2.75) is 25.4 Å². The van der Waals surface area contributed by atoms with Gasteiger partial charge in [0.15, 0.2) is 0 Å². The predicted molar refractivity (Wildman–Crippen MR) is 128 cm³/mol. The van der Waals surface area contributed by atoms with Crippen molar-refractivity contribution in [2.75, 3.05) is 25.1 Å². The van der Waals surface area contributed by atoms with Crippen molar-refractivity contribution in [3.8, 4) is 11.5 Å². The number of phenols is 1. The number of ether oxygens (including phenoxy) is 1. The zero-order valence-electron chi connectivity index (χ0n) is 18.4. The fraction of sp³-hybridized carbons (Fsp3) is 0.269. The molecule has 1 heterocycles. The second-order valence-corrected chi connectivity index (χ2v) is 8.60. The van der Waals surface area contributed by atoms with Gasteiger partial charge >= 0.3 is 0 Å². The summed E-state index contributed by atoms with van der Waals surface area (Å²) in [5.74, 6) is 0.323. The lowest BCUT2D eigenvalue weighted by Gasteiger charge is -2.38. The minimum atomic E-state index is -0.344. The Morgan fingerprint density at radius 1 is 1.12 bits per heavy atom. The molecule has 4 rings (SSSR count). The number of aromatic hydroxyl groups is 1. The molecule has 1 N–H and O–H groups in total. The van der Waals surface area contributed by atoms with Crippen LogP contribution in [0.25, 0.3) is 0 Å². The molecule has 3 aromatic carbocycles. The summed E-state index contributed by atoms with van der Waals surface area (Å²) in [5, 5.41) is 10.8. The molecule has 1 aliphatic heterocycles. The van der Waals surface area contributed by atoms with E-state index in [0.717, 1.165) is 31.5 Å². The van der Waals surface area contributed by atoms with Crippen LogP contribution in [0.4, 0.5) is 10.1 Å². The molecule has 5 nitrogen and oxygen atoms in total. The van der Waals surface area contributed by atoms with Crippen molar-refractivity contribution in [1.82, 2.24) is 4.90 Å². The van der Waals surface area contributed by atoms with Crippen LogP contribution in [-0.2, 0) is 6.54 Å². The summed E-state index contributed by atoms with van der Waals surface area (Å²) < 4.78 is 18.7. The Kier molecular flexibility index (Phi) is 7.16. The predicted octanol–water partition coefficient (Wildman–Crippen LogP) is 5.50. The maximum Gasteiger partial charge on any atom is 0.258 e. The van der Waals surface area contributed by atoms with E-state index in [1.807, 2.05) is 12.1 Å². The number of nitrogens with zero attached hydrogens (tertiary/aromatic N) is 2. The lowest BCUT2D eigenvalue weighted by Crippen LogP contribution is -2.47. The maximum absolute atomic E-state index is 13.6. The van der Waals surface area contributed by atoms with Crippen molar-refractivity contribution in [3.63, 3.8) is 0 Å². The summed E-state index contributed by atoms with van der Waals surface area (Å²) in [4.78, 5) is 17.5. The normalized spacial score (nSPS) is 14.8. The van der Waals surface area contributed by atoms with Gasteiger partial charge in [-0.2, -0.15) is 0 Å². The number of piperidine rings is 1. The number of anilines is 1. The van der Waals surface area contributed by atoms with E-state index in [9.17, 15) is 14.3 Å². The van der Waals surface area contributed by atoms with E-state index < -0.39 is 0 Å². The number of rotatable bonds is 6. The lowest BCUT2D eigenvalue weighted by atomic mass is 10.00. The quantitative estimate of drug-likeness (QED) is 0.518. The van der Waals surface area contributed by atoms with E-state index in [2.05, 4.69) is 4.90 Å². The van der Waals surface area contributed by atoms with Crippen LogP contribution in [-0.4, -0.2) is 42.2 Å². The highest BCUT2D eigenvalue weighted by Gasteiger charge is 2.30. The van der Waals surface area contributed by atoms with Gasteiger partial charge in [0.05, 0.1) is 7.11 Å². The van der Waals surface area contributed by atoms with Crippen LogP contribution in [0.15, 0.2) is 66.7 Å². The molecule has 1 amide bonds. The number of benzene rings is 3. The highest BCUT2D eigenvalue weighted by atomic mass is 35.5. The van der Waals surface area contributed by atoms with Crippen molar-refractivity contribution >= 4 is 23.2 Å². The lowest BCUT2D eigenvalue weighted by molar-refractivity contribution is 0.0958. The molecular formula is C26H26ClFN2O3. The van der Waals surface area contributed by atoms with Gasteiger partial charge in [-0.3, -0.25) is 9.69 Å². The molecule has 0 bridgehead atoms. The zero-order valence-corrected chi connectivity index (χ0v) is 19.1. The maximum atomic E-state index is 13.6. The number of carbonyl (C=O) groups is 1. The molecule has 0 aliphatic carbocycles. The minimum Gasteiger partial charge on any atom is -0.507 e. The Bertz CT molecular complexity index is 1110. The van der Waals surface area contributed by atoms with Gasteiger partial charge in [-0.25, -0.2) is 4.39 Å². The first kappa shape index (κ1) is 23.1. The molecule has 33 heavy (non-hydrogen) atoms. The third-order valence-corrected chi connectivity index (χ3v) is 6.24. The van der Waals surface area contributed by atoms with Crippen LogP contribution in [0.3, 0.4) is 0 Å². The number of phenolic OH excluding ortho intramolecular Hbond substituents is 1. The number of hydrogen-bond acceptors (Lipinski definition) is 4. The fourth-order valence-corrected chi connectivity index (χ4v) is 4.43.